The van der Waals surface area contributed by atoms with Gasteiger partial charge in [0.25, 0.3) is 5.91 Å². The second-order valence-corrected chi connectivity index (χ2v) is 7.43. The van der Waals surface area contributed by atoms with Gasteiger partial charge in [-0.15, -0.1) is 0 Å². The molecule has 1 aliphatic heterocycles. The average Bonchev–Trinajstić information content (AvgIpc) is 3.26. The van der Waals surface area contributed by atoms with E-state index >= 15 is 0 Å². The highest BCUT2D eigenvalue weighted by Crippen LogP contribution is 2.37. The van der Waals surface area contributed by atoms with Gasteiger partial charge in [-0.05, 0) is 57.4 Å². The number of nitrogens with one attached hydrogen (secondary N) is 1. The minimum atomic E-state index is -0.358. The maximum Gasteiger partial charge on any atom is 0.271 e. The number of ether oxygens (including phenoxy) is 4. The summed E-state index contributed by atoms with van der Waals surface area (Å²) in [6.45, 7) is 0.565. The molecule has 0 aromatic heterocycles. The molecule has 0 saturated heterocycles. The monoisotopic (exact) mass is 482 g/mol. The predicted molar refractivity (Wildman–Crippen MR) is 119 cm³/mol. The van der Waals surface area contributed by atoms with Crippen LogP contribution < -0.4 is 24.4 Å². The Bertz CT molecular complexity index is 1120. The second-order valence-electron chi connectivity index (χ2n) is 6.58. The van der Waals surface area contributed by atoms with Crippen molar-refractivity contribution in [2.75, 3.05) is 13.9 Å². The van der Waals surface area contributed by atoms with Gasteiger partial charge < -0.3 is 18.9 Å². The number of amides is 1. The standard InChI is InChI=1S/C23H19BrN2O5/c1-28-21-10-16(9-18(24)22(21)29-13-15-5-3-2-4-6-15)12-25-26-23(27)17-7-8-19-20(11-17)31-14-30-19/h2-12H,13-14H2,1H3,(H,26,27)/b25-12-. The third kappa shape index (κ3) is 4.97. The number of nitrogens with zero attached hydrogens (tertiary/aromatic N) is 1. The molecule has 1 amide bonds. The molecule has 0 radical (unpaired) electrons. The molecule has 3 aromatic carbocycles. The first kappa shape index (κ1) is 20.7. The number of methoxy groups -OCH3 is 1. The number of hydrogen-bond acceptors (Lipinski definition) is 6. The van der Waals surface area contributed by atoms with Crippen LogP contribution in [0.1, 0.15) is 21.5 Å². The van der Waals surface area contributed by atoms with Gasteiger partial charge >= 0.3 is 0 Å². The van der Waals surface area contributed by atoms with Crippen molar-refractivity contribution in [1.29, 1.82) is 0 Å². The van der Waals surface area contributed by atoms with Crippen LogP contribution in [0.3, 0.4) is 0 Å². The van der Waals surface area contributed by atoms with Crippen molar-refractivity contribution < 1.29 is 23.7 Å². The molecule has 31 heavy (non-hydrogen) atoms. The Balaban J connectivity index is 1.42. The minimum absolute atomic E-state index is 0.153. The lowest BCUT2D eigenvalue weighted by Gasteiger charge is -2.13. The maximum absolute atomic E-state index is 12.3. The van der Waals surface area contributed by atoms with Crippen LogP contribution in [0.2, 0.25) is 0 Å². The van der Waals surface area contributed by atoms with Gasteiger partial charge in [-0.2, -0.15) is 5.10 Å². The summed E-state index contributed by atoms with van der Waals surface area (Å²) in [5.74, 6) is 1.94. The van der Waals surface area contributed by atoms with E-state index in [0.29, 0.717) is 39.6 Å². The van der Waals surface area contributed by atoms with Crippen LogP contribution in [0.5, 0.6) is 23.0 Å². The van der Waals surface area contributed by atoms with E-state index in [1.54, 1.807) is 31.4 Å². The molecule has 0 unspecified atom stereocenters. The van der Waals surface area contributed by atoms with Crippen LogP contribution in [0.15, 0.2) is 70.2 Å². The largest absolute Gasteiger partial charge is 0.493 e. The van der Waals surface area contributed by atoms with Crippen LogP contribution >= 0.6 is 15.9 Å². The summed E-state index contributed by atoms with van der Waals surface area (Å²) >= 11 is 3.52. The first-order valence-corrected chi connectivity index (χ1v) is 10.2. The van der Waals surface area contributed by atoms with E-state index in [2.05, 4.69) is 26.5 Å². The summed E-state index contributed by atoms with van der Waals surface area (Å²) < 4.78 is 22.6. The second kappa shape index (κ2) is 9.53. The van der Waals surface area contributed by atoms with Crippen molar-refractivity contribution in [2.45, 2.75) is 6.61 Å². The summed E-state index contributed by atoms with van der Waals surface area (Å²) in [5.41, 5.74) is 4.70. The van der Waals surface area contributed by atoms with Crippen LogP contribution in [-0.4, -0.2) is 26.0 Å². The van der Waals surface area contributed by atoms with Gasteiger partial charge in [-0.1, -0.05) is 30.3 Å². The van der Waals surface area contributed by atoms with E-state index in [0.717, 1.165) is 11.1 Å². The highest BCUT2D eigenvalue weighted by Gasteiger charge is 2.16. The van der Waals surface area contributed by atoms with Gasteiger partial charge in [0.05, 0.1) is 17.8 Å². The zero-order valence-electron chi connectivity index (χ0n) is 16.6. The highest BCUT2D eigenvalue weighted by molar-refractivity contribution is 9.10. The van der Waals surface area contributed by atoms with Gasteiger partial charge in [-0.25, -0.2) is 5.43 Å². The molecule has 0 spiro atoms. The zero-order chi connectivity index (χ0) is 21.6. The van der Waals surface area contributed by atoms with E-state index in [-0.39, 0.29) is 12.7 Å². The molecular formula is C23H19BrN2O5. The molecule has 7 nitrogen and oxygen atoms in total. The van der Waals surface area contributed by atoms with E-state index < -0.39 is 0 Å². The van der Waals surface area contributed by atoms with Crippen molar-refractivity contribution in [3.8, 4) is 23.0 Å². The average molecular weight is 483 g/mol. The first-order chi connectivity index (χ1) is 15.1. The normalized spacial score (nSPS) is 12.1. The Labute approximate surface area is 187 Å². The van der Waals surface area contributed by atoms with E-state index in [4.69, 9.17) is 18.9 Å². The molecule has 0 aliphatic carbocycles. The van der Waals surface area contributed by atoms with Gasteiger partial charge in [-0.3, -0.25) is 4.79 Å². The summed E-state index contributed by atoms with van der Waals surface area (Å²) in [6, 6.07) is 18.4. The maximum atomic E-state index is 12.3. The Morgan fingerprint density at radius 2 is 1.94 bits per heavy atom. The smallest absolute Gasteiger partial charge is 0.271 e. The number of hydrazone groups is 1. The Morgan fingerprint density at radius 1 is 1.13 bits per heavy atom. The lowest BCUT2D eigenvalue weighted by molar-refractivity contribution is 0.0954. The van der Waals surface area contributed by atoms with Crippen molar-refractivity contribution in [3.05, 3.63) is 81.8 Å². The van der Waals surface area contributed by atoms with Gasteiger partial charge in [0.15, 0.2) is 23.0 Å². The molecule has 0 atom stereocenters. The van der Waals surface area contributed by atoms with Gasteiger partial charge in [0.2, 0.25) is 6.79 Å². The molecule has 1 heterocycles. The number of benzene rings is 3. The number of carbonyl (C=O) groups excluding carboxylic acids is 1. The fourth-order valence-corrected chi connectivity index (χ4v) is 3.53. The molecule has 1 aliphatic rings. The predicted octanol–water partition coefficient (Wildman–Crippen LogP) is 4.53. The summed E-state index contributed by atoms with van der Waals surface area (Å²) in [5, 5.41) is 4.04. The molecule has 3 aromatic rings. The summed E-state index contributed by atoms with van der Waals surface area (Å²) in [4.78, 5) is 12.3. The fraction of sp³-hybridized carbons (Fsp3) is 0.130. The molecule has 4 rings (SSSR count). The molecule has 1 N–H and O–H groups in total. The molecule has 0 bridgehead atoms. The lowest BCUT2D eigenvalue weighted by atomic mass is 10.2. The van der Waals surface area contributed by atoms with Crippen LogP contribution in [0, 0.1) is 0 Å². The van der Waals surface area contributed by atoms with E-state index in [9.17, 15) is 4.79 Å². The summed E-state index contributed by atoms with van der Waals surface area (Å²) in [6.07, 6.45) is 1.53. The van der Waals surface area contributed by atoms with Crippen LogP contribution in [0.4, 0.5) is 0 Å². The Kier molecular flexibility index (Phi) is 6.37. The topological polar surface area (TPSA) is 78.4 Å². The summed E-state index contributed by atoms with van der Waals surface area (Å²) in [7, 11) is 1.57. The third-order valence-electron chi connectivity index (χ3n) is 4.49. The van der Waals surface area contributed by atoms with Crippen molar-refractivity contribution in [1.82, 2.24) is 5.43 Å². The molecule has 0 saturated carbocycles. The Hall–Kier alpha value is -3.52. The molecule has 8 heteroatoms. The van der Waals surface area contributed by atoms with Crippen molar-refractivity contribution in [3.63, 3.8) is 0 Å². The van der Waals surface area contributed by atoms with Crippen molar-refractivity contribution in [2.24, 2.45) is 5.10 Å². The zero-order valence-corrected chi connectivity index (χ0v) is 18.2. The van der Waals surface area contributed by atoms with E-state index in [1.807, 2.05) is 36.4 Å². The SMILES string of the molecule is COc1cc(/C=N\NC(=O)c2ccc3c(c2)OCO3)cc(Br)c1OCc1ccccc1. The lowest BCUT2D eigenvalue weighted by Crippen LogP contribution is -2.17. The van der Waals surface area contributed by atoms with Gasteiger partial charge in [0.1, 0.15) is 6.61 Å². The van der Waals surface area contributed by atoms with Crippen LogP contribution in [-0.2, 0) is 6.61 Å². The Morgan fingerprint density at radius 3 is 2.74 bits per heavy atom. The number of rotatable bonds is 7. The van der Waals surface area contributed by atoms with Crippen molar-refractivity contribution >= 4 is 28.1 Å². The number of halogens is 1. The number of fused-ring (bicyclic) bond motifs is 1. The quantitative estimate of drug-likeness (QED) is 0.395. The fourth-order valence-electron chi connectivity index (χ4n) is 2.95. The minimum Gasteiger partial charge on any atom is -0.493 e. The number of hydrogen-bond donors (Lipinski definition) is 1. The third-order valence-corrected chi connectivity index (χ3v) is 5.08. The van der Waals surface area contributed by atoms with Gasteiger partial charge in [0, 0.05) is 5.56 Å². The van der Waals surface area contributed by atoms with Crippen LogP contribution in [0.25, 0.3) is 0 Å². The molecule has 158 valence electrons. The molecule has 0 fully saturated rings. The molecular weight excluding hydrogens is 464 g/mol. The number of carbonyl (C=O) groups is 1. The highest BCUT2D eigenvalue weighted by atomic mass is 79.9. The van der Waals surface area contributed by atoms with E-state index in [1.165, 1.54) is 6.21 Å². The first-order valence-electron chi connectivity index (χ1n) is 9.41.